The maximum absolute atomic E-state index is 11.7. The molecule has 0 aromatic heterocycles. The highest BCUT2D eigenvalue weighted by atomic mass is 35.5. The van der Waals surface area contributed by atoms with E-state index in [1.807, 2.05) is 0 Å². The lowest BCUT2D eigenvalue weighted by atomic mass is 10.3. The van der Waals surface area contributed by atoms with E-state index in [4.69, 9.17) is 11.6 Å². The number of benzene rings is 1. The van der Waals surface area contributed by atoms with E-state index in [-0.39, 0.29) is 11.3 Å². The monoisotopic (exact) mass is 226 g/mol. The van der Waals surface area contributed by atoms with Crippen molar-refractivity contribution in [2.45, 2.75) is 6.36 Å². The predicted molar refractivity (Wildman–Crippen MR) is 43.3 cm³/mol. The van der Waals surface area contributed by atoms with E-state index >= 15 is 0 Å². The highest BCUT2D eigenvalue weighted by molar-refractivity contribution is 6.67. The first-order valence-corrected chi connectivity index (χ1v) is 3.82. The molecule has 0 bridgehead atoms. The highest BCUT2D eigenvalue weighted by Gasteiger charge is 2.30. The Morgan fingerprint density at radius 2 is 1.71 bits per heavy atom. The topological polar surface area (TPSA) is 26.3 Å². The van der Waals surface area contributed by atoms with Crippen molar-refractivity contribution in [2.24, 2.45) is 0 Å². The Morgan fingerprint density at radius 1 is 1.21 bits per heavy atom. The summed E-state index contributed by atoms with van der Waals surface area (Å²) in [5.74, 6) is -0.390. The van der Waals surface area contributed by atoms with E-state index in [0.29, 0.717) is 0 Å². The molecule has 0 aliphatic rings. The van der Waals surface area contributed by atoms with Crippen LogP contribution < -0.4 is 4.74 Å². The van der Waals surface area contributed by atoms with Gasteiger partial charge in [-0.2, -0.15) is 0 Å². The molecule has 0 atom stereocenters. The molecule has 14 heavy (non-hydrogen) atoms. The summed E-state index contributed by atoms with van der Waals surface area (Å²) in [6.45, 7) is 0. The third kappa shape index (κ3) is 3.26. The third-order valence-electron chi connectivity index (χ3n) is 1.31. The van der Waals surface area contributed by atoms with Crippen LogP contribution >= 0.6 is 11.6 Å². The van der Waals surface area contributed by atoms with Crippen LogP contribution in [0.2, 0.25) is 0 Å². The summed E-state index contributed by atoms with van der Waals surface area (Å²) in [6.07, 6.45) is -4.73. The number of ether oxygens (including phenoxy) is 1. The first-order chi connectivity index (χ1) is 6.38. The largest absolute Gasteiger partial charge is 0.573 e. The van der Waals surface area contributed by atoms with Crippen molar-refractivity contribution >= 4 is 16.8 Å². The molecule has 0 radical (unpaired) electrons. The molecule has 0 amide bonds. The SMILES string of the molecule is O=[14C](Cl)c1ccc(OC(F)(F)F)cc1. The Kier molecular flexibility index (Phi) is 3.00. The lowest BCUT2D eigenvalue weighted by Gasteiger charge is -2.08. The van der Waals surface area contributed by atoms with Crippen molar-refractivity contribution in [2.75, 3.05) is 0 Å². The van der Waals surface area contributed by atoms with Gasteiger partial charge in [0.25, 0.3) is 5.24 Å². The fraction of sp³-hybridized carbons (Fsp3) is 0.125. The molecule has 0 aliphatic carbocycles. The quantitative estimate of drug-likeness (QED) is 0.725. The minimum atomic E-state index is -4.73. The van der Waals surface area contributed by atoms with Gasteiger partial charge in [-0.1, -0.05) is 0 Å². The van der Waals surface area contributed by atoms with Crippen LogP contribution in [-0.2, 0) is 0 Å². The molecule has 0 saturated heterocycles. The normalized spacial score (nSPS) is 11.1. The van der Waals surface area contributed by atoms with Crippen molar-refractivity contribution in [3.63, 3.8) is 0 Å². The number of hydrogen-bond acceptors (Lipinski definition) is 2. The Bertz CT molecular complexity index is 331. The van der Waals surface area contributed by atoms with Gasteiger partial charge in [-0.3, -0.25) is 4.79 Å². The second kappa shape index (κ2) is 3.88. The molecular formula is C8H4ClF3O2. The molecular weight excluding hydrogens is 223 g/mol. The zero-order valence-corrected chi connectivity index (χ0v) is 7.39. The fourth-order valence-electron chi connectivity index (χ4n) is 0.788. The second-order valence-electron chi connectivity index (χ2n) is 2.35. The molecule has 6 heteroatoms. The van der Waals surface area contributed by atoms with Gasteiger partial charge < -0.3 is 4.74 Å². The lowest BCUT2D eigenvalue weighted by Crippen LogP contribution is -2.17. The molecule has 0 spiro atoms. The number of rotatable bonds is 2. The molecule has 0 aliphatic heterocycles. The number of alkyl halides is 3. The minimum absolute atomic E-state index is 0.112. The predicted octanol–water partition coefficient (Wildman–Crippen LogP) is 2.96. The molecule has 0 fully saturated rings. The lowest BCUT2D eigenvalue weighted by molar-refractivity contribution is -0.274. The standard InChI is InChI=1S/C8H4ClF3O2/c9-7(13)5-1-3-6(4-2-5)14-8(10,11)12/h1-4H/i7+2. The molecule has 76 valence electrons. The molecule has 0 saturated carbocycles. The van der Waals surface area contributed by atoms with Crippen molar-refractivity contribution < 1.29 is 22.7 Å². The second-order valence-corrected chi connectivity index (χ2v) is 2.69. The van der Waals surface area contributed by atoms with Crippen LogP contribution in [0, 0.1) is 0 Å². The Balaban J connectivity index is 2.79. The zero-order chi connectivity index (χ0) is 10.8. The van der Waals surface area contributed by atoms with E-state index in [2.05, 4.69) is 4.74 Å². The van der Waals surface area contributed by atoms with E-state index in [1.165, 1.54) is 0 Å². The summed E-state index contributed by atoms with van der Waals surface area (Å²) >= 11 is 5.09. The molecule has 2 nitrogen and oxygen atoms in total. The molecule has 1 aromatic carbocycles. The van der Waals surface area contributed by atoms with Gasteiger partial charge >= 0.3 is 6.36 Å². The fourth-order valence-corrected chi connectivity index (χ4v) is 0.914. The number of carbonyl (C=O) groups is 1. The molecule has 0 N–H and O–H groups in total. The summed E-state index contributed by atoms with van der Waals surface area (Å²) in [5, 5.41) is -0.733. The maximum atomic E-state index is 11.7. The van der Waals surface area contributed by atoms with Crippen molar-refractivity contribution in [1.29, 1.82) is 0 Å². The van der Waals surface area contributed by atoms with E-state index in [9.17, 15) is 18.0 Å². The van der Waals surface area contributed by atoms with Crippen LogP contribution in [0.4, 0.5) is 13.2 Å². The van der Waals surface area contributed by atoms with Gasteiger partial charge in [0.2, 0.25) is 0 Å². The van der Waals surface area contributed by atoms with Crippen molar-refractivity contribution in [3.05, 3.63) is 29.8 Å². The van der Waals surface area contributed by atoms with Crippen molar-refractivity contribution in [1.82, 2.24) is 0 Å². The number of halogens is 4. The van der Waals surface area contributed by atoms with E-state index < -0.39 is 11.6 Å². The molecule has 1 aromatic rings. The Morgan fingerprint density at radius 3 is 2.07 bits per heavy atom. The van der Waals surface area contributed by atoms with Gasteiger partial charge in [-0.15, -0.1) is 13.2 Å². The highest BCUT2D eigenvalue weighted by Crippen LogP contribution is 2.22. The smallest absolute Gasteiger partial charge is 0.406 e. The third-order valence-corrected chi connectivity index (χ3v) is 1.53. The van der Waals surface area contributed by atoms with Gasteiger partial charge in [-0.05, 0) is 35.9 Å². The van der Waals surface area contributed by atoms with Crippen LogP contribution in [0.5, 0.6) is 5.75 Å². The van der Waals surface area contributed by atoms with Gasteiger partial charge in [0, 0.05) is 5.56 Å². The van der Waals surface area contributed by atoms with Crippen LogP contribution in [0.15, 0.2) is 24.3 Å². The van der Waals surface area contributed by atoms with Gasteiger partial charge in [0.1, 0.15) is 5.75 Å². The summed E-state index contributed by atoms with van der Waals surface area (Å²) in [5.41, 5.74) is 0.112. The first kappa shape index (κ1) is 10.8. The van der Waals surface area contributed by atoms with Gasteiger partial charge in [0.15, 0.2) is 0 Å². The average molecular weight is 227 g/mol. The molecule has 1 rings (SSSR count). The van der Waals surface area contributed by atoms with Gasteiger partial charge in [-0.25, -0.2) is 0 Å². The Hall–Kier alpha value is -1.23. The molecule has 0 heterocycles. The average Bonchev–Trinajstić information content (AvgIpc) is 2.02. The van der Waals surface area contributed by atoms with Gasteiger partial charge in [0.05, 0.1) is 0 Å². The number of carbonyl (C=O) groups excluding carboxylic acids is 1. The summed E-state index contributed by atoms with van der Waals surface area (Å²) < 4.78 is 38.6. The summed E-state index contributed by atoms with van der Waals surface area (Å²) in [6, 6.07) is 4.33. The number of hydrogen-bond donors (Lipinski definition) is 0. The van der Waals surface area contributed by atoms with E-state index in [0.717, 1.165) is 24.3 Å². The van der Waals surface area contributed by atoms with Crippen LogP contribution in [-0.4, -0.2) is 11.6 Å². The zero-order valence-electron chi connectivity index (χ0n) is 6.64. The summed E-state index contributed by atoms with van der Waals surface area (Å²) in [4.78, 5) is 10.5. The van der Waals surface area contributed by atoms with Crippen LogP contribution in [0.25, 0.3) is 0 Å². The maximum Gasteiger partial charge on any atom is 0.573 e. The van der Waals surface area contributed by atoms with Crippen LogP contribution in [0.3, 0.4) is 0 Å². The molecule has 0 unspecified atom stereocenters. The van der Waals surface area contributed by atoms with Crippen LogP contribution in [0.1, 0.15) is 10.4 Å². The minimum Gasteiger partial charge on any atom is -0.406 e. The summed E-state index contributed by atoms with van der Waals surface area (Å²) in [7, 11) is 0. The van der Waals surface area contributed by atoms with E-state index in [1.54, 1.807) is 0 Å². The Labute approximate surface area is 82.2 Å². The first-order valence-electron chi connectivity index (χ1n) is 3.44. The van der Waals surface area contributed by atoms with Crippen molar-refractivity contribution in [3.8, 4) is 5.75 Å².